The van der Waals surface area contributed by atoms with E-state index in [4.69, 9.17) is 0 Å². The monoisotopic (exact) mass is 389 g/mol. The molecular formula is C21H19N5OS. The van der Waals surface area contributed by atoms with Crippen LogP contribution in [0.15, 0.2) is 72.5 Å². The Balaban J connectivity index is 1.46. The van der Waals surface area contributed by atoms with E-state index in [9.17, 15) is 4.79 Å². The number of aromatic nitrogens is 3. The van der Waals surface area contributed by atoms with Gasteiger partial charge >= 0.3 is 0 Å². The third-order valence-corrected chi connectivity index (χ3v) is 5.13. The van der Waals surface area contributed by atoms with Crippen LogP contribution in [0.4, 0.5) is 11.6 Å². The molecule has 4 aromatic rings. The summed E-state index contributed by atoms with van der Waals surface area (Å²) in [6.45, 7) is 0.528. The van der Waals surface area contributed by atoms with E-state index in [1.807, 2.05) is 71.7 Å². The number of carbonyl (C=O) groups excluding carboxylic acids is 1. The Kier molecular flexibility index (Phi) is 5.16. The first-order chi connectivity index (χ1) is 13.7. The molecular weight excluding hydrogens is 370 g/mol. The second kappa shape index (κ2) is 8.06. The van der Waals surface area contributed by atoms with E-state index >= 15 is 0 Å². The quantitative estimate of drug-likeness (QED) is 0.518. The fourth-order valence-corrected chi connectivity index (χ4v) is 3.46. The Bertz CT molecular complexity index is 1060. The zero-order valence-electron chi connectivity index (χ0n) is 15.3. The second-order valence-electron chi connectivity index (χ2n) is 6.27. The van der Waals surface area contributed by atoms with E-state index in [1.165, 1.54) is 0 Å². The van der Waals surface area contributed by atoms with Gasteiger partial charge in [0, 0.05) is 47.3 Å². The van der Waals surface area contributed by atoms with Crippen molar-refractivity contribution in [2.45, 2.75) is 6.54 Å². The van der Waals surface area contributed by atoms with Gasteiger partial charge in [0.25, 0.3) is 5.91 Å². The highest BCUT2D eigenvalue weighted by molar-refractivity contribution is 7.09. The fourth-order valence-electron chi connectivity index (χ4n) is 2.81. The molecule has 1 amide bonds. The number of carbonyl (C=O) groups is 1. The number of anilines is 2. The molecule has 0 radical (unpaired) electrons. The molecule has 0 saturated heterocycles. The SMILES string of the molecule is Cn1cc(-c2cnc(Nc3ccccc3)nc2)cc1C(=O)NCc1cccs1. The standard InChI is InChI=1S/C21H19N5OS/c1-26-14-15(10-19(26)20(27)22-13-18-8-5-9-28-18)16-11-23-21(24-12-16)25-17-6-3-2-4-7-17/h2-12,14H,13H2,1H3,(H,22,27)(H,23,24,25). The Morgan fingerprint density at radius 1 is 1.07 bits per heavy atom. The number of aryl methyl sites for hydroxylation is 1. The largest absolute Gasteiger partial charge is 0.346 e. The van der Waals surface area contributed by atoms with E-state index in [-0.39, 0.29) is 5.91 Å². The molecule has 3 aromatic heterocycles. The number of hydrogen-bond acceptors (Lipinski definition) is 5. The highest BCUT2D eigenvalue weighted by Gasteiger charge is 2.13. The molecule has 4 rings (SSSR count). The molecule has 0 aliphatic rings. The van der Waals surface area contributed by atoms with Gasteiger partial charge in [0.1, 0.15) is 5.69 Å². The van der Waals surface area contributed by atoms with Crippen LogP contribution in [0.25, 0.3) is 11.1 Å². The summed E-state index contributed by atoms with van der Waals surface area (Å²) in [6, 6.07) is 15.6. The summed E-state index contributed by atoms with van der Waals surface area (Å²) in [6.07, 6.45) is 5.41. The van der Waals surface area contributed by atoms with Gasteiger partial charge < -0.3 is 15.2 Å². The van der Waals surface area contributed by atoms with E-state index in [1.54, 1.807) is 23.7 Å². The number of nitrogens with zero attached hydrogens (tertiary/aromatic N) is 3. The lowest BCUT2D eigenvalue weighted by molar-refractivity contribution is 0.0943. The predicted molar refractivity (Wildman–Crippen MR) is 112 cm³/mol. The second-order valence-corrected chi connectivity index (χ2v) is 7.31. The molecule has 2 N–H and O–H groups in total. The number of thiophene rings is 1. The molecule has 0 aliphatic carbocycles. The van der Waals surface area contributed by atoms with Gasteiger partial charge in [0.15, 0.2) is 0 Å². The van der Waals surface area contributed by atoms with Crippen molar-refractivity contribution >= 4 is 28.9 Å². The van der Waals surface area contributed by atoms with Crippen molar-refractivity contribution in [2.75, 3.05) is 5.32 Å². The predicted octanol–water partition coefficient (Wildman–Crippen LogP) is 4.22. The average molecular weight is 389 g/mol. The Labute approximate surface area is 166 Å². The highest BCUT2D eigenvalue weighted by atomic mass is 32.1. The van der Waals surface area contributed by atoms with Crippen molar-refractivity contribution in [3.05, 3.63) is 83.1 Å². The zero-order valence-corrected chi connectivity index (χ0v) is 16.1. The Hall–Kier alpha value is -3.45. The van der Waals surface area contributed by atoms with Gasteiger partial charge in [0.2, 0.25) is 5.95 Å². The van der Waals surface area contributed by atoms with Crippen LogP contribution in [0.3, 0.4) is 0 Å². The number of benzene rings is 1. The minimum absolute atomic E-state index is 0.106. The molecule has 0 atom stereocenters. The summed E-state index contributed by atoms with van der Waals surface area (Å²) >= 11 is 1.62. The lowest BCUT2D eigenvalue weighted by Crippen LogP contribution is -2.24. The van der Waals surface area contributed by atoms with E-state index in [0.717, 1.165) is 21.7 Å². The third-order valence-electron chi connectivity index (χ3n) is 4.26. The summed E-state index contributed by atoms with van der Waals surface area (Å²) in [5.74, 6) is 0.422. The smallest absolute Gasteiger partial charge is 0.268 e. The molecule has 3 heterocycles. The fraction of sp³-hybridized carbons (Fsp3) is 0.0952. The normalized spacial score (nSPS) is 10.6. The van der Waals surface area contributed by atoms with Crippen LogP contribution >= 0.6 is 11.3 Å². The van der Waals surface area contributed by atoms with Crippen molar-refractivity contribution in [3.8, 4) is 11.1 Å². The lowest BCUT2D eigenvalue weighted by atomic mass is 10.2. The minimum Gasteiger partial charge on any atom is -0.346 e. The molecule has 1 aromatic carbocycles. The van der Waals surface area contributed by atoms with Gasteiger partial charge in [-0.15, -0.1) is 11.3 Å². The van der Waals surface area contributed by atoms with E-state index in [0.29, 0.717) is 18.2 Å². The first-order valence-corrected chi connectivity index (χ1v) is 9.68. The molecule has 140 valence electrons. The summed E-state index contributed by atoms with van der Waals surface area (Å²) in [7, 11) is 1.86. The number of para-hydroxylation sites is 1. The zero-order chi connectivity index (χ0) is 19.3. The van der Waals surface area contributed by atoms with Crippen LogP contribution in [-0.4, -0.2) is 20.4 Å². The molecule has 0 saturated carbocycles. The maximum atomic E-state index is 12.5. The van der Waals surface area contributed by atoms with Gasteiger partial charge in [-0.2, -0.15) is 0 Å². The number of hydrogen-bond donors (Lipinski definition) is 2. The molecule has 0 aliphatic heterocycles. The van der Waals surface area contributed by atoms with Gasteiger partial charge in [-0.25, -0.2) is 9.97 Å². The van der Waals surface area contributed by atoms with Gasteiger partial charge in [-0.1, -0.05) is 24.3 Å². The molecule has 0 bridgehead atoms. The first kappa shape index (κ1) is 17.9. The molecule has 0 unspecified atom stereocenters. The first-order valence-electron chi connectivity index (χ1n) is 8.80. The average Bonchev–Trinajstić information content (AvgIpc) is 3.37. The minimum atomic E-state index is -0.106. The van der Waals surface area contributed by atoms with E-state index < -0.39 is 0 Å². The van der Waals surface area contributed by atoms with Gasteiger partial charge in [-0.05, 0) is 29.6 Å². The maximum absolute atomic E-state index is 12.5. The maximum Gasteiger partial charge on any atom is 0.268 e. The van der Waals surface area contributed by atoms with Crippen molar-refractivity contribution < 1.29 is 4.79 Å². The van der Waals surface area contributed by atoms with Crippen molar-refractivity contribution in [3.63, 3.8) is 0 Å². The lowest BCUT2D eigenvalue weighted by Gasteiger charge is -2.04. The number of amides is 1. The van der Waals surface area contributed by atoms with Crippen molar-refractivity contribution in [1.29, 1.82) is 0 Å². The molecule has 7 heteroatoms. The van der Waals surface area contributed by atoms with Crippen LogP contribution in [0.2, 0.25) is 0 Å². The van der Waals surface area contributed by atoms with Crippen LogP contribution in [0.5, 0.6) is 0 Å². The topological polar surface area (TPSA) is 71.8 Å². The number of nitrogens with one attached hydrogen (secondary N) is 2. The summed E-state index contributed by atoms with van der Waals surface area (Å²) in [5, 5.41) is 8.11. The van der Waals surface area contributed by atoms with Gasteiger partial charge in [0.05, 0.1) is 6.54 Å². The Morgan fingerprint density at radius 2 is 1.86 bits per heavy atom. The summed E-state index contributed by atoms with van der Waals surface area (Å²) in [5.41, 5.74) is 3.28. The summed E-state index contributed by atoms with van der Waals surface area (Å²) in [4.78, 5) is 22.4. The van der Waals surface area contributed by atoms with E-state index in [2.05, 4.69) is 20.6 Å². The van der Waals surface area contributed by atoms with Crippen LogP contribution in [-0.2, 0) is 13.6 Å². The highest BCUT2D eigenvalue weighted by Crippen LogP contribution is 2.22. The van der Waals surface area contributed by atoms with Crippen molar-refractivity contribution in [2.24, 2.45) is 7.05 Å². The molecule has 28 heavy (non-hydrogen) atoms. The van der Waals surface area contributed by atoms with Crippen LogP contribution in [0, 0.1) is 0 Å². The molecule has 6 nitrogen and oxygen atoms in total. The number of rotatable bonds is 6. The summed E-state index contributed by atoms with van der Waals surface area (Å²) < 4.78 is 1.81. The van der Waals surface area contributed by atoms with Crippen LogP contribution in [0.1, 0.15) is 15.4 Å². The third kappa shape index (κ3) is 4.10. The Morgan fingerprint density at radius 3 is 2.57 bits per heavy atom. The van der Waals surface area contributed by atoms with Crippen LogP contribution < -0.4 is 10.6 Å². The molecule has 0 spiro atoms. The van der Waals surface area contributed by atoms with Gasteiger partial charge in [-0.3, -0.25) is 4.79 Å². The van der Waals surface area contributed by atoms with Crippen molar-refractivity contribution in [1.82, 2.24) is 19.9 Å². The molecule has 0 fully saturated rings.